The number of hydrogen-bond acceptors (Lipinski definition) is 3. The highest BCUT2D eigenvalue weighted by Gasteiger charge is 2.08. The van der Waals surface area contributed by atoms with Crippen molar-refractivity contribution in [2.45, 2.75) is 12.8 Å². The fraction of sp³-hybridized carbons (Fsp3) is 0.400. The van der Waals surface area contributed by atoms with E-state index in [1.165, 1.54) is 25.9 Å². The lowest BCUT2D eigenvalue weighted by Crippen LogP contribution is -2.18. The summed E-state index contributed by atoms with van der Waals surface area (Å²) >= 11 is 0. The molecule has 0 radical (unpaired) electrons. The lowest BCUT2D eigenvalue weighted by molar-refractivity contribution is 0.0697. The molecule has 1 aromatic carbocycles. The normalized spacial score (nSPS) is 16.0. The minimum Gasteiger partial charge on any atom is -0.490 e. The largest absolute Gasteiger partial charge is 0.490 e. The minimum absolute atomic E-state index is 0.275. The van der Waals surface area contributed by atoms with Crippen molar-refractivity contribution in [1.82, 2.24) is 4.90 Å². The number of ether oxygens (including phenoxy) is 1. The molecule has 0 saturated carbocycles. The van der Waals surface area contributed by atoms with Gasteiger partial charge >= 0.3 is 5.97 Å². The lowest BCUT2D eigenvalue weighted by atomic mass is 10.2. The first-order chi connectivity index (χ1) is 9.25. The average molecular weight is 261 g/mol. The van der Waals surface area contributed by atoms with E-state index in [1.54, 1.807) is 24.3 Å². The molecule has 0 aromatic heterocycles. The third-order valence-electron chi connectivity index (χ3n) is 3.18. The number of likely N-dealkylation sites (tertiary alicyclic amines) is 1. The molecule has 4 heteroatoms. The Morgan fingerprint density at radius 3 is 2.53 bits per heavy atom. The van der Waals surface area contributed by atoms with E-state index in [0.717, 1.165) is 6.54 Å². The van der Waals surface area contributed by atoms with Gasteiger partial charge in [-0.25, -0.2) is 4.79 Å². The molecule has 1 saturated heterocycles. The Balaban J connectivity index is 1.69. The van der Waals surface area contributed by atoms with Gasteiger partial charge in [0.15, 0.2) is 0 Å². The van der Waals surface area contributed by atoms with E-state index in [2.05, 4.69) is 11.0 Å². The molecule has 1 heterocycles. The van der Waals surface area contributed by atoms with Crippen LogP contribution in [0.3, 0.4) is 0 Å². The van der Waals surface area contributed by atoms with Gasteiger partial charge in [-0.1, -0.05) is 12.2 Å². The van der Waals surface area contributed by atoms with Gasteiger partial charge < -0.3 is 9.84 Å². The molecule has 19 heavy (non-hydrogen) atoms. The third kappa shape index (κ3) is 4.41. The molecule has 1 aromatic rings. The summed E-state index contributed by atoms with van der Waals surface area (Å²) in [5.41, 5.74) is 0.275. The molecule has 0 bridgehead atoms. The van der Waals surface area contributed by atoms with Gasteiger partial charge in [-0.3, -0.25) is 4.90 Å². The summed E-state index contributed by atoms with van der Waals surface area (Å²) in [6, 6.07) is 6.45. The Kier molecular flexibility index (Phi) is 4.98. The molecule has 2 rings (SSSR count). The molecule has 0 atom stereocenters. The number of carboxylic acid groups (broad SMARTS) is 1. The van der Waals surface area contributed by atoms with Crippen LogP contribution in [0, 0.1) is 0 Å². The zero-order chi connectivity index (χ0) is 13.5. The fourth-order valence-electron chi connectivity index (χ4n) is 2.09. The first-order valence-electron chi connectivity index (χ1n) is 6.59. The summed E-state index contributed by atoms with van der Waals surface area (Å²) in [6.45, 7) is 3.89. The first-order valence-corrected chi connectivity index (χ1v) is 6.59. The molecule has 0 amide bonds. The van der Waals surface area contributed by atoms with Gasteiger partial charge in [-0.2, -0.15) is 0 Å². The highest BCUT2D eigenvalue weighted by Crippen LogP contribution is 2.12. The van der Waals surface area contributed by atoms with Crippen LogP contribution in [0.4, 0.5) is 0 Å². The second-order valence-electron chi connectivity index (χ2n) is 4.62. The van der Waals surface area contributed by atoms with Gasteiger partial charge in [0.2, 0.25) is 0 Å². The maximum Gasteiger partial charge on any atom is 0.335 e. The quantitative estimate of drug-likeness (QED) is 0.799. The monoisotopic (exact) mass is 261 g/mol. The van der Waals surface area contributed by atoms with E-state index in [4.69, 9.17) is 9.84 Å². The van der Waals surface area contributed by atoms with Crippen LogP contribution in [0.2, 0.25) is 0 Å². The summed E-state index contributed by atoms with van der Waals surface area (Å²) in [5.74, 6) is -0.229. The minimum atomic E-state index is -0.919. The molecule has 102 valence electrons. The molecule has 1 aliphatic rings. The van der Waals surface area contributed by atoms with Gasteiger partial charge in [0.05, 0.1) is 5.56 Å². The predicted molar refractivity (Wildman–Crippen MR) is 73.7 cm³/mol. The summed E-state index contributed by atoms with van der Waals surface area (Å²) < 4.78 is 5.51. The molecule has 0 spiro atoms. The Labute approximate surface area is 113 Å². The summed E-state index contributed by atoms with van der Waals surface area (Å²) in [6.07, 6.45) is 6.74. The van der Waals surface area contributed by atoms with Crippen LogP contribution >= 0.6 is 0 Å². The number of carboxylic acids is 1. The van der Waals surface area contributed by atoms with Crippen molar-refractivity contribution in [3.05, 3.63) is 42.0 Å². The maximum atomic E-state index is 10.7. The molecular formula is C15H19NO3. The van der Waals surface area contributed by atoms with E-state index in [0.29, 0.717) is 12.4 Å². The number of rotatable bonds is 6. The van der Waals surface area contributed by atoms with Gasteiger partial charge in [0.1, 0.15) is 12.4 Å². The van der Waals surface area contributed by atoms with Crippen molar-refractivity contribution in [2.24, 2.45) is 0 Å². The molecule has 4 nitrogen and oxygen atoms in total. The van der Waals surface area contributed by atoms with E-state index in [9.17, 15) is 4.79 Å². The predicted octanol–water partition coefficient (Wildman–Crippen LogP) is 2.42. The van der Waals surface area contributed by atoms with Crippen LogP contribution in [-0.2, 0) is 0 Å². The molecular weight excluding hydrogens is 242 g/mol. The highest BCUT2D eigenvalue weighted by molar-refractivity contribution is 5.87. The Morgan fingerprint density at radius 2 is 1.89 bits per heavy atom. The second kappa shape index (κ2) is 6.95. The average Bonchev–Trinajstić information content (AvgIpc) is 2.92. The number of benzene rings is 1. The molecule has 0 unspecified atom stereocenters. The Hall–Kier alpha value is -1.81. The second-order valence-corrected chi connectivity index (χ2v) is 4.62. The number of carbonyl (C=O) groups is 1. The molecule has 0 aliphatic carbocycles. The van der Waals surface area contributed by atoms with Gasteiger partial charge in [0.25, 0.3) is 0 Å². The van der Waals surface area contributed by atoms with Crippen LogP contribution < -0.4 is 4.74 Å². The van der Waals surface area contributed by atoms with Crippen LogP contribution in [0.5, 0.6) is 5.75 Å². The zero-order valence-electron chi connectivity index (χ0n) is 10.9. The van der Waals surface area contributed by atoms with Gasteiger partial charge in [-0.05, 0) is 50.2 Å². The topological polar surface area (TPSA) is 49.8 Å². The van der Waals surface area contributed by atoms with E-state index < -0.39 is 5.97 Å². The van der Waals surface area contributed by atoms with E-state index in [1.807, 2.05) is 6.08 Å². The summed E-state index contributed by atoms with van der Waals surface area (Å²) in [4.78, 5) is 13.1. The van der Waals surface area contributed by atoms with Crippen LogP contribution in [0.15, 0.2) is 36.4 Å². The van der Waals surface area contributed by atoms with E-state index >= 15 is 0 Å². The van der Waals surface area contributed by atoms with Gasteiger partial charge in [-0.15, -0.1) is 0 Å². The Morgan fingerprint density at radius 1 is 1.21 bits per heavy atom. The fourth-order valence-corrected chi connectivity index (χ4v) is 2.09. The summed E-state index contributed by atoms with van der Waals surface area (Å²) in [7, 11) is 0. The maximum absolute atomic E-state index is 10.7. The smallest absolute Gasteiger partial charge is 0.335 e. The van der Waals surface area contributed by atoms with Crippen molar-refractivity contribution < 1.29 is 14.6 Å². The number of nitrogens with zero attached hydrogens (tertiary/aromatic N) is 1. The van der Waals surface area contributed by atoms with Crippen LogP contribution in [0.25, 0.3) is 0 Å². The SMILES string of the molecule is O=C(O)c1ccc(OC/C=C/CN2CCCC2)cc1. The van der Waals surface area contributed by atoms with Crippen molar-refractivity contribution in [3.63, 3.8) is 0 Å². The molecule has 1 N–H and O–H groups in total. The first kappa shape index (κ1) is 13.6. The Bertz CT molecular complexity index is 433. The third-order valence-corrected chi connectivity index (χ3v) is 3.18. The molecule has 1 fully saturated rings. The van der Waals surface area contributed by atoms with E-state index in [-0.39, 0.29) is 5.56 Å². The van der Waals surface area contributed by atoms with Crippen LogP contribution in [-0.4, -0.2) is 42.2 Å². The van der Waals surface area contributed by atoms with Crippen molar-refractivity contribution in [3.8, 4) is 5.75 Å². The van der Waals surface area contributed by atoms with Crippen molar-refractivity contribution >= 4 is 5.97 Å². The highest BCUT2D eigenvalue weighted by atomic mass is 16.5. The standard InChI is InChI=1S/C15H19NO3/c17-15(18)13-5-7-14(8-6-13)19-12-4-3-11-16-9-1-2-10-16/h3-8H,1-2,9-12H2,(H,17,18)/b4-3+. The molecule has 1 aliphatic heterocycles. The summed E-state index contributed by atoms with van der Waals surface area (Å²) in [5, 5.41) is 8.77. The number of hydrogen-bond donors (Lipinski definition) is 1. The van der Waals surface area contributed by atoms with Crippen molar-refractivity contribution in [1.29, 1.82) is 0 Å². The lowest BCUT2D eigenvalue weighted by Gasteiger charge is -2.10. The zero-order valence-corrected chi connectivity index (χ0v) is 10.9. The van der Waals surface area contributed by atoms with Gasteiger partial charge in [0, 0.05) is 6.54 Å². The van der Waals surface area contributed by atoms with Crippen LogP contribution in [0.1, 0.15) is 23.2 Å². The van der Waals surface area contributed by atoms with Crippen molar-refractivity contribution in [2.75, 3.05) is 26.2 Å². The number of aromatic carboxylic acids is 1.